The van der Waals surface area contributed by atoms with Crippen molar-refractivity contribution in [2.75, 3.05) is 26.2 Å². The van der Waals surface area contributed by atoms with Crippen molar-refractivity contribution in [2.45, 2.75) is 71.2 Å². The van der Waals surface area contributed by atoms with Gasteiger partial charge in [-0.3, -0.25) is 0 Å². The van der Waals surface area contributed by atoms with Gasteiger partial charge in [0.05, 0.1) is 25.2 Å². The highest BCUT2D eigenvalue weighted by Gasteiger charge is 2.35. The van der Waals surface area contributed by atoms with Gasteiger partial charge in [-0.05, 0) is 27.2 Å². The molecule has 2 fully saturated rings. The molecule has 0 spiro atoms. The average molecular weight is 256 g/mol. The van der Waals surface area contributed by atoms with E-state index in [9.17, 15) is 0 Å². The first-order valence-corrected chi connectivity index (χ1v) is 7.94. The lowest BCUT2D eigenvalue weighted by Crippen LogP contribution is -3.23. The Hall–Kier alpha value is -0.120. The van der Waals surface area contributed by atoms with E-state index in [1.54, 1.807) is 0 Å². The number of hydrogen-bond donors (Lipinski definition) is 2. The normalized spacial score (nSPS) is 43.7. The number of quaternary nitrogens is 2. The number of ether oxygens (including phenoxy) is 1. The average Bonchev–Trinajstić information content (AvgIpc) is 2.37. The van der Waals surface area contributed by atoms with Crippen molar-refractivity contribution >= 4 is 0 Å². The summed E-state index contributed by atoms with van der Waals surface area (Å²) < 4.78 is 5.86. The van der Waals surface area contributed by atoms with E-state index in [4.69, 9.17) is 4.74 Å². The zero-order valence-corrected chi connectivity index (χ0v) is 12.7. The Balaban J connectivity index is 1.82. The SMILES string of the molecule is CC[C@@H](C)[NH+]1CCC([NH+]2C[C@@H](C)O[C@@H](C)C2)CC1. The molecule has 0 radical (unpaired) electrons. The van der Waals surface area contributed by atoms with E-state index in [1.165, 1.54) is 45.4 Å². The highest BCUT2D eigenvalue weighted by Crippen LogP contribution is 2.03. The molecule has 2 aliphatic heterocycles. The number of nitrogens with one attached hydrogen (secondary N) is 2. The Kier molecular flexibility index (Phi) is 5.05. The predicted octanol–water partition coefficient (Wildman–Crippen LogP) is -0.476. The van der Waals surface area contributed by atoms with Gasteiger partial charge in [0.15, 0.2) is 0 Å². The van der Waals surface area contributed by atoms with Crippen LogP contribution >= 0.6 is 0 Å². The smallest absolute Gasteiger partial charge is 0.104 e. The van der Waals surface area contributed by atoms with Gasteiger partial charge in [0.25, 0.3) is 0 Å². The molecule has 2 saturated heterocycles. The van der Waals surface area contributed by atoms with E-state index in [0.717, 1.165) is 12.1 Å². The van der Waals surface area contributed by atoms with Gasteiger partial charge in [-0.15, -0.1) is 0 Å². The molecule has 2 heterocycles. The summed E-state index contributed by atoms with van der Waals surface area (Å²) >= 11 is 0. The maximum absolute atomic E-state index is 5.86. The maximum Gasteiger partial charge on any atom is 0.104 e. The monoisotopic (exact) mass is 256 g/mol. The summed E-state index contributed by atoms with van der Waals surface area (Å²) in [6, 6.07) is 1.75. The van der Waals surface area contributed by atoms with E-state index < -0.39 is 0 Å². The topological polar surface area (TPSA) is 18.1 Å². The first-order chi connectivity index (χ1) is 8.60. The third-order valence-corrected chi connectivity index (χ3v) is 5.08. The van der Waals surface area contributed by atoms with E-state index in [1.807, 2.05) is 9.80 Å². The molecule has 2 aliphatic rings. The van der Waals surface area contributed by atoms with E-state index in [0.29, 0.717) is 12.2 Å². The van der Waals surface area contributed by atoms with Gasteiger partial charge in [-0.25, -0.2) is 0 Å². The molecule has 106 valence electrons. The third kappa shape index (κ3) is 3.46. The Morgan fingerprint density at radius 3 is 2.17 bits per heavy atom. The molecule has 3 nitrogen and oxygen atoms in total. The van der Waals surface area contributed by atoms with Gasteiger partial charge < -0.3 is 14.5 Å². The van der Waals surface area contributed by atoms with E-state index >= 15 is 0 Å². The van der Waals surface area contributed by atoms with Crippen LogP contribution in [0, 0.1) is 0 Å². The van der Waals surface area contributed by atoms with Crippen molar-refractivity contribution in [3.05, 3.63) is 0 Å². The number of piperidine rings is 1. The van der Waals surface area contributed by atoms with Crippen LogP contribution in [0.4, 0.5) is 0 Å². The van der Waals surface area contributed by atoms with Crippen molar-refractivity contribution in [3.8, 4) is 0 Å². The minimum atomic E-state index is 0.448. The molecule has 0 aliphatic carbocycles. The van der Waals surface area contributed by atoms with Gasteiger partial charge in [0.2, 0.25) is 0 Å². The second-order valence-corrected chi connectivity index (χ2v) is 6.57. The molecule has 0 saturated carbocycles. The molecule has 3 heteroatoms. The quantitative estimate of drug-likeness (QED) is 0.698. The van der Waals surface area contributed by atoms with Gasteiger partial charge >= 0.3 is 0 Å². The van der Waals surface area contributed by atoms with Crippen molar-refractivity contribution in [3.63, 3.8) is 0 Å². The second-order valence-electron chi connectivity index (χ2n) is 6.57. The highest BCUT2D eigenvalue weighted by molar-refractivity contribution is 4.66. The van der Waals surface area contributed by atoms with Crippen molar-refractivity contribution in [1.82, 2.24) is 0 Å². The Morgan fingerprint density at radius 2 is 1.67 bits per heavy atom. The molecule has 0 aromatic carbocycles. The molecule has 18 heavy (non-hydrogen) atoms. The van der Waals surface area contributed by atoms with Gasteiger partial charge in [-0.2, -0.15) is 0 Å². The van der Waals surface area contributed by atoms with Crippen LogP contribution in [-0.4, -0.2) is 50.5 Å². The Bertz CT molecular complexity index is 241. The fourth-order valence-corrected chi connectivity index (χ4v) is 3.83. The Labute approximate surface area is 112 Å². The predicted molar refractivity (Wildman–Crippen MR) is 74.2 cm³/mol. The molecular weight excluding hydrogens is 224 g/mol. The molecule has 0 aromatic heterocycles. The molecular formula is C15H32N2O+2. The van der Waals surface area contributed by atoms with Crippen LogP contribution in [0.2, 0.25) is 0 Å². The van der Waals surface area contributed by atoms with Gasteiger partial charge in [-0.1, -0.05) is 6.92 Å². The molecule has 4 atom stereocenters. The van der Waals surface area contributed by atoms with Crippen LogP contribution in [0.1, 0.15) is 47.0 Å². The molecule has 2 rings (SSSR count). The summed E-state index contributed by atoms with van der Waals surface area (Å²) in [5, 5.41) is 0. The summed E-state index contributed by atoms with van der Waals surface area (Å²) in [5.41, 5.74) is 0. The standard InChI is InChI=1S/C15H30N2O/c1-5-12(2)16-8-6-15(7-9-16)17-10-13(3)18-14(4)11-17/h12-15H,5-11H2,1-4H3/p+2/t12-,13-,14+/m1/s1. The lowest BCUT2D eigenvalue weighted by molar-refractivity contribution is -0.974. The lowest BCUT2D eigenvalue weighted by atomic mass is 9.99. The van der Waals surface area contributed by atoms with Crippen LogP contribution in [0.3, 0.4) is 0 Å². The van der Waals surface area contributed by atoms with Gasteiger partial charge in [0.1, 0.15) is 25.3 Å². The van der Waals surface area contributed by atoms with Crippen LogP contribution in [0.15, 0.2) is 0 Å². The zero-order chi connectivity index (χ0) is 13.1. The Morgan fingerprint density at radius 1 is 1.11 bits per heavy atom. The molecule has 1 unspecified atom stereocenters. The molecule has 0 bridgehead atoms. The number of likely N-dealkylation sites (tertiary alicyclic amines) is 1. The minimum absolute atomic E-state index is 0.448. The fourth-order valence-electron chi connectivity index (χ4n) is 3.83. The maximum atomic E-state index is 5.86. The third-order valence-electron chi connectivity index (χ3n) is 5.08. The summed E-state index contributed by atoms with van der Waals surface area (Å²) in [6.45, 7) is 14.4. The van der Waals surface area contributed by atoms with Crippen molar-refractivity contribution in [2.24, 2.45) is 0 Å². The van der Waals surface area contributed by atoms with Crippen molar-refractivity contribution < 1.29 is 14.5 Å². The van der Waals surface area contributed by atoms with Crippen LogP contribution < -0.4 is 9.80 Å². The number of morpholine rings is 1. The van der Waals surface area contributed by atoms with Crippen LogP contribution in [0.25, 0.3) is 0 Å². The molecule has 2 N–H and O–H groups in total. The van der Waals surface area contributed by atoms with Gasteiger partial charge in [0, 0.05) is 12.8 Å². The first kappa shape index (κ1) is 14.3. The lowest BCUT2D eigenvalue weighted by Gasteiger charge is -2.40. The molecule has 0 aromatic rings. The van der Waals surface area contributed by atoms with E-state index in [2.05, 4.69) is 27.7 Å². The summed E-state index contributed by atoms with van der Waals surface area (Å²) in [6.07, 6.45) is 5.04. The minimum Gasteiger partial charge on any atom is -0.364 e. The van der Waals surface area contributed by atoms with Crippen molar-refractivity contribution in [1.29, 1.82) is 0 Å². The summed E-state index contributed by atoms with van der Waals surface area (Å²) in [4.78, 5) is 3.65. The largest absolute Gasteiger partial charge is 0.364 e. The fraction of sp³-hybridized carbons (Fsp3) is 1.00. The first-order valence-electron chi connectivity index (χ1n) is 7.94. The summed E-state index contributed by atoms with van der Waals surface area (Å²) in [5.74, 6) is 0. The molecule has 0 amide bonds. The second kappa shape index (κ2) is 6.36. The van der Waals surface area contributed by atoms with E-state index in [-0.39, 0.29) is 0 Å². The zero-order valence-electron chi connectivity index (χ0n) is 12.7. The summed E-state index contributed by atoms with van der Waals surface area (Å²) in [7, 11) is 0. The van der Waals surface area contributed by atoms with Crippen LogP contribution in [0.5, 0.6) is 0 Å². The highest BCUT2D eigenvalue weighted by atomic mass is 16.5. The number of hydrogen-bond acceptors (Lipinski definition) is 1. The number of rotatable bonds is 3. The van der Waals surface area contributed by atoms with Crippen LogP contribution in [-0.2, 0) is 4.74 Å².